The van der Waals surface area contributed by atoms with Gasteiger partial charge in [0.1, 0.15) is 0 Å². The molecule has 2 rings (SSSR count). The van der Waals surface area contributed by atoms with Gasteiger partial charge in [-0.15, -0.1) is 24.0 Å². The summed E-state index contributed by atoms with van der Waals surface area (Å²) in [6.07, 6.45) is 6.41. The highest BCUT2D eigenvalue weighted by Crippen LogP contribution is 2.21. The molecule has 6 heteroatoms. The van der Waals surface area contributed by atoms with E-state index < -0.39 is 0 Å². The molecular formula is C19H37IN4O. The third-order valence-electron chi connectivity index (χ3n) is 5.02. The Morgan fingerprint density at radius 1 is 1.20 bits per heavy atom. The van der Waals surface area contributed by atoms with Crippen LogP contribution in [0.25, 0.3) is 0 Å². The Kier molecular flexibility index (Phi) is 10.8. The van der Waals surface area contributed by atoms with Crippen LogP contribution in [0, 0.1) is 11.8 Å². The molecule has 2 aliphatic heterocycles. The van der Waals surface area contributed by atoms with Crippen molar-refractivity contribution >= 4 is 35.8 Å². The van der Waals surface area contributed by atoms with Crippen molar-refractivity contribution in [3.8, 4) is 0 Å². The van der Waals surface area contributed by atoms with Crippen molar-refractivity contribution in [1.29, 1.82) is 0 Å². The monoisotopic (exact) mass is 464 g/mol. The number of aliphatic imine (C=N–C) groups is 1. The maximum absolute atomic E-state index is 12.0. The van der Waals surface area contributed by atoms with Crippen molar-refractivity contribution in [2.45, 2.75) is 59.3 Å². The largest absolute Gasteiger partial charge is 0.357 e. The van der Waals surface area contributed by atoms with E-state index >= 15 is 0 Å². The lowest BCUT2D eigenvalue weighted by Gasteiger charge is -2.37. The minimum Gasteiger partial charge on any atom is -0.357 e. The number of hydrogen-bond acceptors (Lipinski definition) is 2. The summed E-state index contributed by atoms with van der Waals surface area (Å²) in [6.45, 7) is 12.5. The molecule has 2 heterocycles. The van der Waals surface area contributed by atoms with Crippen LogP contribution in [0.3, 0.4) is 0 Å². The number of halogens is 1. The van der Waals surface area contributed by atoms with Crippen molar-refractivity contribution in [1.82, 2.24) is 15.1 Å². The van der Waals surface area contributed by atoms with Gasteiger partial charge in [-0.1, -0.05) is 20.3 Å². The zero-order valence-electron chi connectivity index (χ0n) is 16.3. The van der Waals surface area contributed by atoms with Crippen LogP contribution < -0.4 is 5.32 Å². The minimum atomic E-state index is 0. The van der Waals surface area contributed by atoms with Gasteiger partial charge in [0.15, 0.2) is 5.96 Å². The molecule has 2 atom stereocenters. The van der Waals surface area contributed by atoms with E-state index in [9.17, 15) is 4.79 Å². The summed E-state index contributed by atoms with van der Waals surface area (Å²) in [6, 6.07) is 0. The number of rotatable bonds is 5. The lowest BCUT2D eigenvalue weighted by Crippen LogP contribution is -2.48. The average Bonchev–Trinajstić information content (AvgIpc) is 2.74. The predicted octanol–water partition coefficient (Wildman–Crippen LogP) is 3.34. The lowest BCUT2D eigenvalue weighted by atomic mass is 9.92. The number of piperidine rings is 1. The van der Waals surface area contributed by atoms with E-state index in [1.54, 1.807) is 0 Å². The number of hydrogen-bond donors (Lipinski definition) is 1. The molecule has 5 nitrogen and oxygen atoms in total. The van der Waals surface area contributed by atoms with Gasteiger partial charge in [-0.3, -0.25) is 9.79 Å². The number of likely N-dealkylation sites (tertiary alicyclic amines) is 2. The first-order valence-corrected chi connectivity index (χ1v) is 9.91. The third-order valence-corrected chi connectivity index (χ3v) is 5.02. The van der Waals surface area contributed by atoms with Crippen LogP contribution in [0.5, 0.6) is 0 Å². The average molecular weight is 464 g/mol. The third kappa shape index (κ3) is 7.71. The van der Waals surface area contributed by atoms with Crippen molar-refractivity contribution < 1.29 is 4.79 Å². The number of carbonyl (C=O) groups excluding carboxylic acids is 1. The highest BCUT2D eigenvalue weighted by atomic mass is 127. The molecule has 2 aliphatic rings. The van der Waals surface area contributed by atoms with Crippen LogP contribution >= 0.6 is 24.0 Å². The van der Waals surface area contributed by atoms with Gasteiger partial charge >= 0.3 is 0 Å². The van der Waals surface area contributed by atoms with Gasteiger partial charge in [0.25, 0.3) is 0 Å². The Morgan fingerprint density at radius 3 is 2.60 bits per heavy atom. The van der Waals surface area contributed by atoms with E-state index in [0.717, 1.165) is 82.7 Å². The Bertz CT molecular complexity index is 420. The molecule has 0 aromatic heterocycles. The van der Waals surface area contributed by atoms with Gasteiger partial charge in [0.2, 0.25) is 5.91 Å². The van der Waals surface area contributed by atoms with Gasteiger partial charge < -0.3 is 15.1 Å². The maximum atomic E-state index is 12.0. The van der Waals surface area contributed by atoms with Crippen molar-refractivity contribution in [3.05, 3.63) is 0 Å². The Balaban J connectivity index is 0.00000312. The van der Waals surface area contributed by atoms with Crippen LogP contribution in [0.15, 0.2) is 4.99 Å². The first-order chi connectivity index (χ1) is 11.6. The molecule has 2 fully saturated rings. The Morgan fingerprint density at radius 2 is 1.92 bits per heavy atom. The quantitative estimate of drug-likeness (QED) is 0.294. The minimum absolute atomic E-state index is 0. The molecule has 0 aromatic rings. The molecule has 1 amide bonds. The van der Waals surface area contributed by atoms with Crippen molar-refractivity contribution in [2.75, 3.05) is 39.3 Å². The van der Waals surface area contributed by atoms with Crippen molar-refractivity contribution in [2.24, 2.45) is 16.8 Å². The molecule has 0 saturated carbocycles. The number of nitrogens with zero attached hydrogens (tertiary/aromatic N) is 3. The number of guanidine groups is 1. The van der Waals surface area contributed by atoms with E-state index in [1.165, 1.54) is 12.8 Å². The van der Waals surface area contributed by atoms with E-state index in [4.69, 9.17) is 4.99 Å². The maximum Gasteiger partial charge on any atom is 0.222 e. The summed E-state index contributed by atoms with van der Waals surface area (Å²) in [5.41, 5.74) is 0. The fourth-order valence-electron chi connectivity index (χ4n) is 3.98. The van der Waals surface area contributed by atoms with E-state index in [2.05, 4.69) is 31.0 Å². The summed E-state index contributed by atoms with van der Waals surface area (Å²) >= 11 is 0. The molecule has 2 unspecified atom stereocenters. The first kappa shape index (κ1) is 22.5. The Hall–Kier alpha value is -0.530. The number of amides is 1. The van der Waals surface area contributed by atoms with E-state index in [1.807, 2.05) is 4.90 Å². The van der Waals surface area contributed by atoms with Crippen LogP contribution in [0.1, 0.15) is 59.3 Å². The number of carbonyl (C=O) groups is 1. The highest BCUT2D eigenvalue weighted by Gasteiger charge is 2.24. The molecule has 146 valence electrons. The summed E-state index contributed by atoms with van der Waals surface area (Å²) in [5, 5.41) is 3.45. The first-order valence-electron chi connectivity index (χ1n) is 9.91. The SMILES string of the molecule is CCNC(=NCCCN1CCCCCC1=O)N1CC(C)CC(C)C1.I. The van der Waals surface area contributed by atoms with Gasteiger partial charge in [0, 0.05) is 45.7 Å². The molecule has 2 saturated heterocycles. The van der Waals surface area contributed by atoms with E-state index in [0.29, 0.717) is 5.91 Å². The highest BCUT2D eigenvalue weighted by molar-refractivity contribution is 14.0. The molecule has 0 aromatic carbocycles. The molecule has 25 heavy (non-hydrogen) atoms. The summed E-state index contributed by atoms with van der Waals surface area (Å²) in [4.78, 5) is 21.3. The standard InChI is InChI=1S/C19H36N4O.HI/c1-4-20-19(23-14-16(2)13-17(3)15-23)21-10-8-12-22-11-7-5-6-9-18(22)24;/h16-17H,4-15H2,1-3H3,(H,20,21);1H. The van der Waals surface area contributed by atoms with Crippen LogP contribution in [-0.2, 0) is 4.79 Å². The zero-order chi connectivity index (χ0) is 17.4. The van der Waals surface area contributed by atoms with Gasteiger partial charge in [-0.05, 0) is 44.4 Å². The second-order valence-electron chi connectivity index (χ2n) is 7.63. The second-order valence-corrected chi connectivity index (χ2v) is 7.63. The van der Waals surface area contributed by atoms with Crippen molar-refractivity contribution in [3.63, 3.8) is 0 Å². The smallest absolute Gasteiger partial charge is 0.222 e. The topological polar surface area (TPSA) is 47.9 Å². The van der Waals surface area contributed by atoms with Crippen LogP contribution in [0.4, 0.5) is 0 Å². The van der Waals surface area contributed by atoms with Gasteiger partial charge in [-0.2, -0.15) is 0 Å². The summed E-state index contributed by atoms with van der Waals surface area (Å²) in [7, 11) is 0. The predicted molar refractivity (Wildman–Crippen MR) is 116 cm³/mol. The molecule has 1 N–H and O–H groups in total. The lowest BCUT2D eigenvalue weighted by molar-refractivity contribution is -0.130. The summed E-state index contributed by atoms with van der Waals surface area (Å²) in [5.74, 6) is 2.85. The fraction of sp³-hybridized carbons (Fsp3) is 0.895. The van der Waals surface area contributed by atoms with Gasteiger partial charge in [-0.25, -0.2) is 0 Å². The van der Waals surface area contributed by atoms with Gasteiger partial charge in [0.05, 0.1) is 0 Å². The zero-order valence-corrected chi connectivity index (χ0v) is 18.6. The fourth-order valence-corrected chi connectivity index (χ4v) is 3.98. The van der Waals surface area contributed by atoms with E-state index in [-0.39, 0.29) is 24.0 Å². The molecular weight excluding hydrogens is 427 g/mol. The second kappa shape index (κ2) is 12.0. The number of nitrogens with one attached hydrogen (secondary N) is 1. The molecule has 0 bridgehead atoms. The molecule has 0 spiro atoms. The summed E-state index contributed by atoms with van der Waals surface area (Å²) < 4.78 is 0. The normalized spacial score (nSPS) is 25.4. The molecule has 0 aliphatic carbocycles. The molecule has 0 radical (unpaired) electrons. The Labute approximate surface area is 171 Å². The van der Waals surface area contributed by atoms with Crippen LogP contribution in [0.2, 0.25) is 0 Å². The van der Waals surface area contributed by atoms with Crippen LogP contribution in [-0.4, -0.2) is 60.9 Å².